The zero-order valence-electron chi connectivity index (χ0n) is 15.7. The molecule has 26 heavy (non-hydrogen) atoms. The predicted octanol–water partition coefficient (Wildman–Crippen LogP) is 1.85. The lowest BCUT2D eigenvalue weighted by atomic mass is 10.0. The maximum Gasteiger partial charge on any atom is 0.271 e. The van der Waals surface area contributed by atoms with Crippen molar-refractivity contribution in [3.63, 3.8) is 0 Å². The molecule has 9 heteroatoms. The Morgan fingerprint density at radius 1 is 1.27 bits per heavy atom. The van der Waals surface area contributed by atoms with E-state index >= 15 is 0 Å². The van der Waals surface area contributed by atoms with E-state index < -0.39 is 14.9 Å². The van der Waals surface area contributed by atoms with Crippen LogP contribution in [0.3, 0.4) is 0 Å². The number of benzene rings is 1. The first kappa shape index (κ1) is 20.8. The molecule has 0 aromatic heterocycles. The smallest absolute Gasteiger partial charge is 0.271 e. The monoisotopic (exact) mass is 385 g/mol. The number of morpholine rings is 1. The molecular weight excluding hydrogens is 358 g/mol. The van der Waals surface area contributed by atoms with Crippen molar-refractivity contribution in [2.24, 2.45) is 5.92 Å². The highest BCUT2D eigenvalue weighted by molar-refractivity contribution is 7.89. The van der Waals surface area contributed by atoms with Crippen LogP contribution in [0.25, 0.3) is 0 Å². The van der Waals surface area contributed by atoms with Crippen LogP contribution >= 0.6 is 0 Å². The number of hydrogen-bond acceptors (Lipinski definition) is 6. The molecule has 1 heterocycles. The third kappa shape index (κ3) is 4.79. The largest absolute Gasteiger partial charge is 0.379 e. The second-order valence-corrected chi connectivity index (χ2v) is 8.69. The fourth-order valence-electron chi connectivity index (χ4n) is 3.16. The van der Waals surface area contributed by atoms with Crippen LogP contribution in [0.4, 0.5) is 5.69 Å². The molecule has 0 spiro atoms. The summed E-state index contributed by atoms with van der Waals surface area (Å²) >= 11 is 0. The van der Waals surface area contributed by atoms with Gasteiger partial charge in [-0.25, -0.2) is 13.1 Å². The quantitative estimate of drug-likeness (QED) is 0.568. The Hall–Kier alpha value is -1.55. The number of sulfonamides is 1. The Kier molecular flexibility index (Phi) is 6.73. The molecule has 1 saturated heterocycles. The summed E-state index contributed by atoms with van der Waals surface area (Å²) in [7, 11) is -3.85. The highest BCUT2D eigenvalue weighted by atomic mass is 32.2. The molecule has 0 radical (unpaired) electrons. The molecule has 8 nitrogen and oxygen atoms in total. The first-order valence-corrected chi connectivity index (χ1v) is 10.2. The molecule has 1 atom stereocenters. The Morgan fingerprint density at radius 3 is 2.42 bits per heavy atom. The van der Waals surface area contributed by atoms with Gasteiger partial charge in [0.2, 0.25) is 10.0 Å². The van der Waals surface area contributed by atoms with E-state index in [1.165, 1.54) is 6.07 Å². The van der Waals surface area contributed by atoms with Gasteiger partial charge in [-0.05, 0) is 30.9 Å². The number of ether oxygens (including phenoxy) is 1. The number of nitro groups is 1. The van der Waals surface area contributed by atoms with Gasteiger partial charge in [0.1, 0.15) is 0 Å². The van der Waals surface area contributed by atoms with E-state index in [-0.39, 0.29) is 29.1 Å². The second kappa shape index (κ2) is 8.43. The van der Waals surface area contributed by atoms with Gasteiger partial charge in [-0.2, -0.15) is 0 Å². The van der Waals surface area contributed by atoms with Crippen LogP contribution < -0.4 is 4.72 Å². The van der Waals surface area contributed by atoms with Crippen LogP contribution in [-0.2, 0) is 14.8 Å². The van der Waals surface area contributed by atoms with Gasteiger partial charge in [-0.15, -0.1) is 0 Å². The second-order valence-electron chi connectivity index (χ2n) is 6.95. The highest BCUT2D eigenvalue weighted by Crippen LogP contribution is 2.25. The molecule has 0 aliphatic carbocycles. The number of nitro benzene ring substituents is 1. The van der Waals surface area contributed by atoms with Crippen LogP contribution in [-0.4, -0.2) is 57.1 Å². The fourth-order valence-corrected chi connectivity index (χ4v) is 4.55. The zero-order valence-corrected chi connectivity index (χ0v) is 16.5. The maximum absolute atomic E-state index is 12.8. The van der Waals surface area contributed by atoms with Gasteiger partial charge in [-0.3, -0.25) is 15.0 Å². The topological polar surface area (TPSA) is 102 Å². The lowest BCUT2D eigenvalue weighted by Crippen LogP contribution is -2.51. The van der Waals surface area contributed by atoms with Crippen molar-refractivity contribution in [1.82, 2.24) is 9.62 Å². The molecule has 0 bridgehead atoms. The van der Waals surface area contributed by atoms with Crippen molar-refractivity contribution >= 4 is 15.7 Å². The van der Waals surface area contributed by atoms with Crippen LogP contribution in [0.5, 0.6) is 0 Å². The van der Waals surface area contributed by atoms with Gasteiger partial charge in [0, 0.05) is 37.8 Å². The average Bonchev–Trinajstić information content (AvgIpc) is 2.57. The SMILES string of the molecule is Cc1cc([N+](=O)[O-])cc(S(=O)(=O)NC[C@@H](C(C)C)N2CCOCC2)c1C. The van der Waals surface area contributed by atoms with Gasteiger partial charge in [0.25, 0.3) is 5.69 Å². The van der Waals surface area contributed by atoms with Gasteiger partial charge >= 0.3 is 0 Å². The normalized spacial score (nSPS) is 17.4. The Balaban J connectivity index is 2.23. The van der Waals surface area contributed by atoms with Crippen molar-refractivity contribution in [2.45, 2.75) is 38.6 Å². The molecule has 1 aromatic rings. The van der Waals surface area contributed by atoms with Gasteiger partial charge in [0.05, 0.1) is 23.0 Å². The maximum atomic E-state index is 12.8. The molecule has 1 aromatic carbocycles. The molecular formula is C17H27N3O5S. The third-order valence-electron chi connectivity index (χ3n) is 4.87. The van der Waals surface area contributed by atoms with E-state index in [4.69, 9.17) is 4.74 Å². The van der Waals surface area contributed by atoms with Gasteiger partial charge in [-0.1, -0.05) is 13.8 Å². The van der Waals surface area contributed by atoms with E-state index in [0.717, 1.165) is 19.2 Å². The molecule has 0 unspecified atom stereocenters. The van der Waals surface area contributed by atoms with E-state index in [1.54, 1.807) is 13.8 Å². The molecule has 2 rings (SSSR count). The van der Waals surface area contributed by atoms with Crippen molar-refractivity contribution in [2.75, 3.05) is 32.8 Å². The molecule has 1 N–H and O–H groups in total. The standard InChI is InChI=1S/C17H27N3O5S/c1-12(2)16(19-5-7-25-8-6-19)11-18-26(23,24)17-10-15(20(21)22)9-13(3)14(17)4/h9-10,12,16,18H,5-8,11H2,1-4H3/t16-/m0/s1. The highest BCUT2D eigenvalue weighted by Gasteiger charge is 2.27. The predicted molar refractivity (Wildman–Crippen MR) is 98.8 cm³/mol. The first-order chi connectivity index (χ1) is 12.1. The number of nitrogens with zero attached hydrogens (tertiary/aromatic N) is 2. The number of non-ortho nitro benzene ring substituents is 1. The summed E-state index contributed by atoms with van der Waals surface area (Å²) in [5.41, 5.74) is 0.880. The van der Waals surface area contributed by atoms with Crippen LogP contribution in [0.2, 0.25) is 0 Å². The number of nitrogens with one attached hydrogen (secondary N) is 1. The number of hydrogen-bond donors (Lipinski definition) is 1. The minimum absolute atomic E-state index is 0.0336. The first-order valence-electron chi connectivity index (χ1n) is 8.70. The summed E-state index contributed by atoms with van der Waals surface area (Å²) in [4.78, 5) is 12.7. The Bertz CT molecular complexity index is 758. The number of aryl methyl sites for hydroxylation is 1. The summed E-state index contributed by atoms with van der Waals surface area (Å²) in [5.74, 6) is 0.253. The third-order valence-corrected chi connectivity index (χ3v) is 6.42. The van der Waals surface area contributed by atoms with Crippen molar-refractivity contribution in [1.29, 1.82) is 0 Å². The van der Waals surface area contributed by atoms with Crippen molar-refractivity contribution in [3.8, 4) is 0 Å². The summed E-state index contributed by atoms with van der Waals surface area (Å²) in [6.45, 7) is 10.5. The molecule has 1 aliphatic rings. The van der Waals surface area contributed by atoms with Gasteiger partial charge < -0.3 is 4.74 Å². The molecule has 146 valence electrons. The van der Waals surface area contributed by atoms with Crippen LogP contribution in [0, 0.1) is 29.9 Å². The minimum Gasteiger partial charge on any atom is -0.379 e. The van der Waals surface area contributed by atoms with Crippen LogP contribution in [0.15, 0.2) is 17.0 Å². The molecule has 1 fully saturated rings. The Morgan fingerprint density at radius 2 is 1.88 bits per heavy atom. The van der Waals surface area contributed by atoms with E-state index in [9.17, 15) is 18.5 Å². The zero-order chi connectivity index (χ0) is 19.5. The van der Waals surface area contributed by atoms with E-state index in [0.29, 0.717) is 24.3 Å². The summed E-state index contributed by atoms with van der Waals surface area (Å²) in [6.07, 6.45) is 0. The van der Waals surface area contributed by atoms with Crippen molar-refractivity contribution in [3.05, 3.63) is 33.4 Å². The van der Waals surface area contributed by atoms with E-state index in [1.807, 2.05) is 0 Å². The molecule has 0 amide bonds. The summed E-state index contributed by atoms with van der Waals surface area (Å²) < 4.78 is 33.6. The Labute approximate surface area is 154 Å². The molecule has 0 saturated carbocycles. The summed E-state index contributed by atoms with van der Waals surface area (Å²) in [5, 5.41) is 11.1. The summed E-state index contributed by atoms with van der Waals surface area (Å²) in [6, 6.07) is 2.55. The fraction of sp³-hybridized carbons (Fsp3) is 0.647. The number of rotatable bonds is 7. The average molecular weight is 385 g/mol. The lowest BCUT2D eigenvalue weighted by Gasteiger charge is -2.36. The van der Waals surface area contributed by atoms with Gasteiger partial charge in [0.15, 0.2) is 0 Å². The van der Waals surface area contributed by atoms with Crippen LogP contribution in [0.1, 0.15) is 25.0 Å². The lowest BCUT2D eigenvalue weighted by molar-refractivity contribution is -0.385. The molecule has 1 aliphatic heterocycles. The minimum atomic E-state index is -3.85. The van der Waals surface area contributed by atoms with Crippen molar-refractivity contribution < 1.29 is 18.1 Å². The van der Waals surface area contributed by atoms with E-state index in [2.05, 4.69) is 23.5 Å².